The molecule has 1 unspecified atom stereocenters. The van der Waals surface area contributed by atoms with Crippen LogP contribution < -0.4 is 14.2 Å². The van der Waals surface area contributed by atoms with Gasteiger partial charge in [0.2, 0.25) is 0 Å². The summed E-state index contributed by atoms with van der Waals surface area (Å²) in [6.45, 7) is 3.71. The fourth-order valence-corrected chi connectivity index (χ4v) is 3.38. The van der Waals surface area contributed by atoms with Crippen LogP contribution in [0.15, 0.2) is 65.3 Å². The molecule has 3 rings (SSSR count). The second kappa shape index (κ2) is 10.7. The van der Waals surface area contributed by atoms with Gasteiger partial charge in [0.1, 0.15) is 24.2 Å². The van der Waals surface area contributed by atoms with Gasteiger partial charge in [-0.25, -0.2) is 0 Å². The average molecular weight is 411 g/mol. The number of benzene rings is 2. The highest BCUT2D eigenvalue weighted by atomic mass is 16.5. The van der Waals surface area contributed by atoms with Crippen LogP contribution in [0.4, 0.5) is 0 Å². The first kappa shape index (κ1) is 21.7. The van der Waals surface area contributed by atoms with E-state index in [2.05, 4.69) is 4.90 Å². The summed E-state index contributed by atoms with van der Waals surface area (Å²) in [7, 11) is 3.25. The second-order valence-electron chi connectivity index (χ2n) is 7.13. The molecule has 0 aliphatic heterocycles. The Kier molecular flexibility index (Phi) is 7.76. The van der Waals surface area contributed by atoms with Gasteiger partial charge in [-0.15, -0.1) is 0 Å². The number of furan rings is 1. The number of aliphatic hydroxyl groups excluding tert-OH is 1. The van der Waals surface area contributed by atoms with Crippen LogP contribution in [-0.4, -0.2) is 43.5 Å². The van der Waals surface area contributed by atoms with Crippen molar-refractivity contribution in [2.45, 2.75) is 26.1 Å². The van der Waals surface area contributed by atoms with Crippen LogP contribution in [0.3, 0.4) is 0 Å². The maximum atomic E-state index is 10.7. The predicted molar refractivity (Wildman–Crippen MR) is 115 cm³/mol. The third kappa shape index (κ3) is 5.78. The third-order valence-electron chi connectivity index (χ3n) is 4.83. The number of hydrogen-bond donors (Lipinski definition) is 1. The molecule has 0 fully saturated rings. The van der Waals surface area contributed by atoms with Crippen LogP contribution in [0.2, 0.25) is 0 Å². The number of nitrogens with zero attached hydrogens (tertiary/aromatic N) is 1. The van der Waals surface area contributed by atoms with Crippen molar-refractivity contribution in [3.05, 3.63) is 77.7 Å². The van der Waals surface area contributed by atoms with Gasteiger partial charge in [0, 0.05) is 18.7 Å². The first-order valence-electron chi connectivity index (χ1n) is 9.91. The highest BCUT2D eigenvalue weighted by molar-refractivity contribution is 5.46. The number of rotatable bonds is 11. The highest BCUT2D eigenvalue weighted by Gasteiger charge is 2.18. The van der Waals surface area contributed by atoms with Gasteiger partial charge in [0.05, 0.1) is 27.0 Å². The molecule has 6 nitrogen and oxygen atoms in total. The third-order valence-corrected chi connectivity index (χ3v) is 4.83. The normalized spacial score (nSPS) is 12.0. The standard InChI is InChI=1S/C24H29NO5/c1-18-8-4-5-11-22(18)30-17-20(26)15-25(16-21-10-7-13-29-21)14-19-9-6-12-23(27-2)24(19)28-3/h4-13,20,26H,14-17H2,1-3H3. The second-order valence-corrected chi connectivity index (χ2v) is 7.13. The first-order chi connectivity index (χ1) is 14.6. The lowest BCUT2D eigenvalue weighted by atomic mass is 10.1. The van der Waals surface area contributed by atoms with Gasteiger partial charge in [-0.05, 0) is 36.8 Å². The maximum absolute atomic E-state index is 10.7. The van der Waals surface area contributed by atoms with Crippen molar-refractivity contribution in [2.24, 2.45) is 0 Å². The lowest BCUT2D eigenvalue weighted by molar-refractivity contribution is 0.0599. The van der Waals surface area contributed by atoms with Crippen LogP contribution in [0, 0.1) is 6.92 Å². The minimum Gasteiger partial charge on any atom is -0.493 e. The molecule has 0 saturated carbocycles. The van der Waals surface area contributed by atoms with Crippen molar-refractivity contribution >= 4 is 0 Å². The van der Waals surface area contributed by atoms with Gasteiger partial charge in [0.25, 0.3) is 0 Å². The molecule has 1 heterocycles. The summed E-state index contributed by atoms with van der Waals surface area (Å²) >= 11 is 0. The predicted octanol–water partition coefficient (Wildman–Crippen LogP) is 4.05. The fraction of sp³-hybridized carbons (Fsp3) is 0.333. The zero-order chi connectivity index (χ0) is 21.3. The number of aliphatic hydroxyl groups is 1. The van der Waals surface area contributed by atoms with Crippen molar-refractivity contribution in [1.82, 2.24) is 4.90 Å². The quantitative estimate of drug-likeness (QED) is 0.514. The lowest BCUT2D eigenvalue weighted by Crippen LogP contribution is -2.35. The van der Waals surface area contributed by atoms with Crippen molar-refractivity contribution in [3.63, 3.8) is 0 Å². The van der Waals surface area contributed by atoms with Crippen molar-refractivity contribution in [2.75, 3.05) is 27.4 Å². The molecular formula is C24H29NO5. The number of para-hydroxylation sites is 2. The largest absolute Gasteiger partial charge is 0.493 e. The van der Waals surface area contributed by atoms with E-state index in [0.29, 0.717) is 31.1 Å². The smallest absolute Gasteiger partial charge is 0.165 e. The average Bonchev–Trinajstić information content (AvgIpc) is 3.26. The number of ether oxygens (including phenoxy) is 3. The summed E-state index contributed by atoms with van der Waals surface area (Å²) in [5, 5.41) is 10.7. The minimum atomic E-state index is -0.670. The van der Waals surface area contributed by atoms with E-state index in [-0.39, 0.29) is 6.61 Å². The summed E-state index contributed by atoms with van der Waals surface area (Å²) < 4.78 is 22.3. The molecule has 160 valence electrons. The van der Waals surface area contributed by atoms with E-state index in [0.717, 1.165) is 22.6 Å². The topological polar surface area (TPSA) is 64.3 Å². The van der Waals surface area contributed by atoms with E-state index < -0.39 is 6.10 Å². The van der Waals surface area contributed by atoms with Gasteiger partial charge in [-0.2, -0.15) is 0 Å². The number of methoxy groups -OCH3 is 2. The summed E-state index contributed by atoms with van der Waals surface area (Å²) in [5.74, 6) is 2.97. The van der Waals surface area contributed by atoms with Crippen LogP contribution >= 0.6 is 0 Å². The van der Waals surface area contributed by atoms with E-state index in [1.165, 1.54) is 0 Å². The van der Waals surface area contributed by atoms with Gasteiger partial charge in [-0.3, -0.25) is 4.90 Å². The summed E-state index contributed by atoms with van der Waals surface area (Å²) in [5.41, 5.74) is 2.01. The van der Waals surface area contributed by atoms with Crippen LogP contribution in [-0.2, 0) is 13.1 Å². The van der Waals surface area contributed by atoms with E-state index in [1.807, 2.05) is 61.5 Å². The summed E-state index contributed by atoms with van der Waals surface area (Å²) in [6.07, 6.45) is 0.980. The van der Waals surface area contributed by atoms with Gasteiger partial charge in [0.15, 0.2) is 11.5 Å². The lowest BCUT2D eigenvalue weighted by Gasteiger charge is -2.25. The molecule has 3 aromatic rings. The molecule has 1 aromatic heterocycles. The Balaban J connectivity index is 1.70. The number of aryl methyl sites for hydroxylation is 1. The molecule has 0 amide bonds. The van der Waals surface area contributed by atoms with Gasteiger partial charge < -0.3 is 23.7 Å². The molecule has 0 aliphatic carbocycles. The Morgan fingerprint density at radius 3 is 2.43 bits per heavy atom. The van der Waals surface area contributed by atoms with E-state index in [9.17, 15) is 5.11 Å². The zero-order valence-corrected chi connectivity index (χ0v) is 17.7. The molecule has 0 radical (unpaired) electrons. The van der Waals surface area contributed by atoms with Crippen molar-refractivity contribution < 1.29 is 23.7 Å². The first-order valence-corrected chi connectivity index (χ1v) is 9.91. The van der Waals surface area contributed by atoms with Crippen molar-refractivity contribution in [1.29, 1.82) is 0 Å². The van der Waals surface area contributed by atoms with Crippen LogP contribution in [0.25, 0.3) is 0 Å². The number of hydrogen-bond acceptors (Lipinski definition) is 6. The Morgan fingerprint density at radius 1 is 0.933 bits per heavy atom. The monoisotopic (exact) mass is 411 g/mol. The maximum Gasteiger partial charge on any atom is 0.165 e. The van der Waals surface area contributed by atoms with Gasteiger partial charge in [-0.1, -0.05) is 30.3 Å². The molecular weight excluding hydrogens is 382 g/mol. The molecule has 6 heteroatoms. The molecule has 0 bridgehead atoms. The fourth-order valence-electron chi connectivity index (χ4n) is 3.38. The highest BCUT2D eigenvalue weighted by Crippen LogP contribution is 2.31. The minimum absolute atomic E-state index is 0.203. The van der Waals surface area contributed by atoms with E-state index in [1.54, 1.807) is 20.5 Å². The summed E-state index contributed by atoms with van der Waals surface area (Å²) in [4.78, 5) is 2.10. The Hall–Kier alpha value is -2.96. The summed E-state index contributed by atoms with van der Waals surface area (Å²) in [6, 6.07) is 17.3. The molecule has 1 atom stereocenters. The van der Waals surface area contributed by atoms with Crippen molar-refractivity contribution in [3.8, 4) is 17.2 Å². The molecule has 0 spiro atoms. The molecule has 1 N–H and O–H groups in total. The van der Waals surface area contributed by atoms with Crippen LogP contribution in [0.5, 0.6) is 17.2 Å². The van der Waals surface area contributed by atoms with E-state index in [4.69, 9.17) is 18.6 Å². The Labute approximate surface area is 177 Å². The van der Waals surface area contributed by atoms with Gasteiger partial charge >= 0.3 is 0 Å². The van der Waals surface area contributed by atoms with Crippen LogP contribution in [0.1, 0.15) is 16.9 Å². The zero-order valence-electron chi connectivity index (χ0n) is 17.7. The molecule has 0 saturated heterocycles. The Bertz CT molecular complexity index is 910. The molecule has 30 heavy (non-hydrogen) atoms. The SMILES string of the molecule is COc1cccc(CN(Cc2ccco2)CC(O)COc2ccccc2C)c1OC. The van der Waals surface area contributed by atoms with E-state index >= 15 is 0 Å². The Morgan fingerprint density at radius 2 is 1.73 bits per heavy atom. The molecule has 0 aliphatic rings. The molecule has 2 aromatic carbocycles.